The van der Waals surface area contributed by atoms with Gasteiger partial charge in [0.15, 0.2) is 0 Å². The number of anilines is 4. The van der Waals surface area contributed by atoms with Crippen LogP contribution in [0.15, 0.2) is 97.1 Å². The summed E-state index contributed by atoms with van der Waals surface area (Å²) in [6, 6.07) is 25.8. The van der Waals surface area contributed by atoms with Gasteiger partial charge in [-0.05, 0) is 97.1 Å². The summed E-state index contributed by atoms with van der Waals surface area (Å²) in [7, 11) is 0. The van der Waals surface area contributed by atoms with E-state index in [1.807, 2.05) is 0 Å². The number of ether oxygens (including phenoxy) is 16. The Kier molecular flexibility index (Phi) is 35.0. The minimum absolute atomic E-state index is 0.0788. The smallest absolute Gasteiger partial charge is 0.338 e. The predicted molar refractivity (Wildman–Crippen MR) is 297 cm³/mol. The Morgan fingerprint density at radius 1 is 0.235 bits per heavy atom. The fraction of sp³-hybridized carbons (Fsp3) is 0.509. The molecule has 0 bridgehead atoms. The standard InChI is InChI=1S/C57H80N4O20/c58-49-9-1-45(2-10-49)53(62)78-37-33-70-21-17-66-25-29-74-41-57(42-75-30-26-67-18-22-71-34-38-79-54(63)46-3-11-50(59)12-4-46,43-76-31-27-68-19-23-72-35-39-80-55(64)47-5-13-51(60)14-6-47)44-77-32-28-69-20-24-73-36-40-81-56(65)48-7-15-52(61)16-8-48/h1-16H,17-44,58-61H2. The Morgan fingerprint density at radius 3 is 0.556 bits per heavy atom. The number of carbonyl (C=O) groups excluding carboxylic acids is 4. The van der Waals surface area contributed by atoms with E-state index < -0.39 is 29.3 Å². The quantitative estimate of drug-likeness (QED) is 0.0211. The number of carbonyl (C=O) groups is 4. The molecule has 0 saturated carbocycles. The van der Waals surface area contributed by atoms with E-state index in [1.54, 1.807) is 97.1 Å². The summed E-state index contributed by atoms with van der Waals surface area (Å²) in [6.45, 7) is 5.97. The number of nitrogen functional groups attached to an aromatic ring is 4. The van der Waals surface area contributed by atoms with Crippen LogP contribution in [0.1, 0.15) is 41.4 Å². The molecule has 0 aliphatic rings. The molecular weight excluding hydrogens is 1060 g/mol. The first-order valence-electron chi connectivity index (χ1n) is 26.6. The second kappa shape index (κ2) is 42.3. The van der Waals surface area contributed by atoms with Gasteiger partial charge in [0.2, 0.25) is 0 Å². The molecule has 8 N–H and O–H groups in total. The van der Waals surface area contributed by atoms with Crippen molar-refractivity contribution in [3.63, 3.8) is 0 Å². The van der Waals surface area contributed by atoms with E-state index in [2.05, 4.69) is 0 Å². The zero-order chi connectivity index (χ0) is 57.9. The number of hydrogen-bond acceptors (Lipinski definition) is 24. The molecule has 4 rings (SSSR count). The molecule has 0 atom stereocenters. The Labute approximate surface area is 472 Å². The van der Waals surface area contributed by atoms with Crippen LogP contribution in [0.2, 0.25) is 0 Å². The first kappa shape index (κ1) is 67.0. The summed E-state index contributed by atoms with van der Waals surface area (Å²) in [5.41, 5.74) is 25.7. The largest absolute Gasteiger partial charge is 0.460 e. The maximum Gasteiger partial charge on any atom is 0.338 e. The normalized spacial score (nSPS) is 11.4. The van der Waals surface area contributed by atoms with E-state index in [-0.39, 0.29) is 185 Å². The molecule has 24 nitrogen and oxygen atoms in total. The number of benzene rings is 4. The van der Waals surface area contributed by atoms with Crippen LogP contribution >= 0.6 is 0 Å². The van der Waals surface area contributed by atoms with E-state index in [1.165, 1.54) is 0 Å². The van der Waals surface area contributed by atoms with Gasteiger partial charge in [0.1, 0.15) is 26.4 Å². The number of esters is 4. The molecular formula is C57H80N4O20. The molecule has 4 aromatic rings. The van der Waals surface area contributed by atoms with Gasteiger partial charge >= 0.3 is 23.9 Å². The van der Waals surface area contributed by atoms with Crippen LogP contribution in [0.3, 0.4) is 0 Å². The topological polar surface area (TPSA) is 320 Å². The SMILES string of the molecule is Nc1ccc(C(=O)OCCOCCOCCOCC(COCCOCCOCCOC(=O)c2ccc(N)cc2)(COCCOCCOCCOC(=O)c2ccc(N)cc2)COCCOCCOCCOC(=O)c2ccc(N)cc2)cc1. The van der Waals surface area contributed by atoms with Crippen LogP contribution in [0.4, 0.5) is 22.7 Å². The first-order chi connectivity index (χ1) is 39.5. The lowest BCUT2D eigenvalue weighted by atomic mass is 9.92. The van der Waals surface area contributed by atoms with Crippen molar-refractivity contribution >= 4 is 46.6 Å². The van der Waals surface area contributed by atoms with E-state index in [0.29, 0.717) is 45.0 Å². The van der Waals surface area contributed by atoms with Crippen LogP contribution in [0.5, 0.6) is 0 Å². The van der Waals surface area contributed by atoms with Gasteiger partial charge in [0.25, 0.3) is 0 Å². The molecule has 0 heterocycles. The van der Waals surface area contributed by atoms with E-state index in [0.717, 1.165) is 0 Å². The van der Waals surface area contributed by atoms with Gasteiger partial charge in [-0.2, -0.15) is 0 Å². The average molecular weight is 1140 g/mol. The highest BCUT2D eigenvalue weighted by atomic mass is 16.6. The number of hydrogen-bond donors (Lipinski definition) is 4. The molecule has 81 heavy (non-hydrogen) atoms. The highest BCUT2D eigenvalue weighted by Crippen LogP contribution is 2.21. The van der Waals surface area contributed by atoms with Gasteiger partial charge in [-0.1, -0.05) is 0 Å². The average Bonchev–Trinajstić information content (AvgIpc) is 3.47. The van der Waals surface area contributed by atoms with Crippen LogP contribution < -0.4 is 22.9 Å². The fourth-order valence-electron chi connectivity index (χ4n) is 6.75. The predicted octanol–water partition coefficient (Wildman–Crippen LogP) is 3.93. The maximum atomic E-state index is 12.2. The molecule has 0 saturated heterocycles. The van der Waals surface area contributed by atoms with Gasteiger partial charge in [0.05, 0.1) is 186 Å². The van der Waals surface area contributed by atoms with Crippen LogP contribution in [-0.2, 0) is 75.8 Å². The zero-order valence-electron chi connectivity index (χ0n) is 46.0. The van der Waals surface area contributed by atoms with E-state index in [4.69, 9.17) is 98.7 Å². The van der Waals surface area contributed by atoms with Gasteiger partial charge in [-0.15, -0.1) is 0 Å². The highest BCUT2D eigenvalue weighted by Gasteiger charge is 2.33. The molecule has 448 valence electrons. The Hall–Kier alpha value is -6.52. The van der Waals surface area contributed by atoms with Gasteiger partial charge < -0.3 is 98.7 Å². The number of nitrogens with two attached hydrogens (primary N) is 4. The van der Waals surface area contributed by atoms with Crippen molar-refractivity contribution < 1.29 is 95.0 Å². The minimum Gasteiger partial charge on any atom is -0.460 e. The second-order valence-electron chi connectivity index (χ2n) is 17.6. The van der Waals surface area contributed by atoms with Gasteiger partial charge in [-0.3, -0.25) is 0 Å². The van der Waals surface area contributed by atoms with Crippen LogP contribution in [-0.4, -0.2) is 209 Å². The molecule has 0 amide bonds. The molecule has 0 fully saturated rings. The Balaban J connectivity index is 1.19. The second-order valence-corrected chi connectivity index (χ2v) is 17.6. The molecule has 0 unspecified atom stereocenters. The molecule has 0 aliphatic heterocycles. The third kappa shape index (κ3) is 31.3. The van der Waals surface area contributed by atoms with Crippen molar-refractivity contribution in [1.29, 1.82) is 0 Å². The zero-order valence-corrected chi connectivity index (χ0v) is 46.0. The molecule has 24 heteroatoms. The van der Waals surface area contributed by atoms with Crippen LogP contribution in [0.25, 0.3) is 0 Å². The molecule has 0 aromatic heterocycles. The third-order valence-corrected chi connectivity index (χ3v) is 11.0. The summed E-state index contributed by atoms with van der Waals surface area (Å²) >= 11 is 0. The Morgan fingerprint density at radius 2 is 0.383 bits per heavy atom. The first-order valence-corrected chi connectivity index (χ1v) is 26.6. The maximum absolute atomic E-state index is 12.2. The summed E-state index contributed by atoms with van der Waals surface area (Å²) in [5.74, 6) is -1.87. The monoisotopic (exact) mass is 1140 g/mol. The lowest BCUT2D eigenvalue weighted by Gasteiger charge is -2.33. The van der Waals surface area contributed by atoms with Crippen molar-refractivity contribution in [3.05, 3.63) is 119 Å². The molecule has 0 radical (unpaired) electrons. The highest BCUT2D eigenvalue weighted by molar-refractivity contribution is 5.91. The summed E-state index contributed by atoms with van der Waals surface area (Å²) in [4.78, 5) is 48.9. The Bertz CT molecular complexity index is 1970. The molecule has 0 spiro atoms. The van der Waals surface area contributed by atoms with Gasteiger partial charge in [-0.25, -0.2) is 19.2 Å². The minimum atomic E-state index is -0.806. The van der Waals surface area contributed by atoms with Crippen molar-refractivity contribution in [2.45, 2.75) is 0 Å². The summed E-state index contributed by atoms with van der Waals surface area (Å²) in [6.07, 6.45) is 0. The summed E-state index contributed by atoms with van der Waals surface area (Å²) < 4.78 is 90.8. The van der Waals surface area contributed by atoms with Gasteiger partial charge in [0, 0.05) is 22.7 Å². The molecule has 4 aromatic carbocycles. The molecule has 0 aliphatic carbocycles. The summed E-state index contributed by atoms with van der Waals surface area (Å²) in [5, 5.41) is 0. The third-order valence-electron chi connectivity index (χ3n) is 11.0. The van der Waals surface area contributed by atoms with E-state index in [9.17, 15) is 19.2 Å². The lowest BCUT2D eigenvalue weighted by Crippen LogP contribution is -2.43. The fourth-order valence-corrected chi connectivity index (χ4v) is 6.75. The van der Waals surface area contributed by atoms with Crippen molar-refractivity contribution in [1.82, 2.24) is 0 Å². The number of rotatable bonds is 48. The lowest BCUT2D eigenvalue weighted by molar-refractivity contribution is -0.123. The van der Waals surface area contributed by atoms with Crippen molar-refractivity contribution in [2.24, 2.45) is 5.41 Å². The van der Waals surface area contributed by atoms with Crippen LogP contribution in [0, 0.1) is 5.41 Å². The van der Waals surface area contributed by atoms with Crippen molar-refractivity contribution in [3.8, 4) is 0 Å². The van der Waals surface area contributed by atoms with E-state index >= 15 is 0 Å². The van der Waals surface area contributed by atoms with Crippen molar-refractivity contribution in [2.75, 3.05) is 208 Å².